The van der Waals surface area contributed by atoms with Gasteiger partial charge in [-0.3, -0.25) is 9.20 Å². The molecule has 1 amide bonds. The molecular formula is C24H24N4O3. The second kappa shape index (κ2) is 8.87. The number of para-hydroxylation sites is 1. The Kier molecular flexibility index (Phi) is 5.84. The van der Waals surface area contributed by atoms with Crippen molar-refractivity contribution in [3.8, 4) is 5.75 Å². The molecule has 2 aromatic carbocycles. The van der Waals surface area contributed by atoms with Crippen molar-refractivity contribution < 1.29 is 9.53 Å². The first kappa shape index (κ1) is 20.4. The molecular weight excluding hydrogens is 392 g/mol. The van der Waals surface area contributed by atoms with Crippen LogP contribution in [0.4, 0.5) is 5.69 Å². The zero-order valence-electron chi connectivity index (χ0n) is 17.5. The number of aryl methyl sites for hydroxylation is 2. The third-order valence-corrected chi connectivity index (χ3v) is 5.02. The van der Waals surface area contributed by atoms with Crippen LogP contribution in [-0.4, -0.2) is 26.7 Å². The third kappa shape index (κ3) is 4.66. The minimum absolute atomic E-state index is 0.131. The van der Waals surface area contributed by atoms with Crippen molar-refractivity contribution in [3.63, 3.8) is 0 Å². The average molecular weight is 416 g/mol. The van der Waals surface area contributed by atoms with Gasteiger partial charge in [-0.05, 0) is 54.8 Å². The highest BCUT2D eigenvalue weighted by molar-refractivity contribution is 5.90. The maximum absolute atomic E-state index is 12.5. The molecule has 0 atom stereocenters. The van der Waals surface area contributed by atoms with E-state index in [0.717, 1.165) is 22.4 Å². The van der Waals surface area contributed by atoms with Crippen LogP contribution in [0.25, 0.3) is 5.65 Å². The summed E-state index contributed by atoms with van der Waals surface area (Å²) in [6.07, 6.45) is 1.93. The summed E-state index contributed by atoms with van der Waals surface area (Å²) in [6.45, 7) is 4.60. The molecule has 0 aliphatic carbocycles. The Balaban J connectivity index is 1.37. The second-order valence-corrected chi connectivity index (χ2v) is 7.44. The van der Waals surface area contributed by atoms with Crippen LogP contribution in [-0.2, 0) is 11.3 Å². The number of hydrogen-bond donors (Lipinski definition) is 1. The van der Waals surface area contributed by atoms with Gasteiger partial charge in [0.1, 0.15) is 5.75 Å². The molecule has 0 radical (unpaired) electrons. The monoisotopic (exact) mass is 416 g/mol. The zero-order chi connectivity index (χ0) is 21.8. The molecule has 0 bridgehead atoms. The first-order valence-corrected chi connectivity index (χ1v) is 10.1. The number of rotatable bonds is 7. The lowest BCUT2D eigenvalue weighted by atomic mass is 10.1. The van der Waals surface area contributed by atoms with Crippen molar-refractivity contribution in [2.24, 2.45) is 0 Å². The number of anilines is 1. The summed E-state index contributed by atoms with van der Waals surface area (Å²) in [6, 6.07) is 18.8. The van der Waals surface area contributed by atoms with Gasteiger partial charge in [0.05, 0.1) is 19.6 Å². The molecule has 31 heavy (non-hydrogen) atoms. The lowest BCUT2D eigenvalue weighted by Gasteiger charge is -2.12. The largest absolute Gasteiger partial charge is 0.493 e. The van der Waals surface area contributed by atoms with Crippen molar-refractivity contribution in [2.45, 2.75) is 26.8 Å². The lowest BCUT2D eigenvalue weighted by Crippen LogP contribution is -2.21. The Morgan fingerprint density at radius 2 is 1.81 bits per heavy atom. The van der Waals surface area contributed by atoms with E-state index in [1.807, 2.05) is 62.4 Å². The van der Waals surface area contributed by atoms with E-state index in [2.05, 4.69) is 10.4 Å². The molecule has 0 aliphatic rings. The van der Waals surface area contributed by atoms with Crippen molar-refractivity contribution in [1.29, 1.82) is 0 Å². The number of carbonyl (C=O) groups is 1. The minimum atomic E-state index is -0.200. The van der Waals surface area contributed by atoms with Gasteiger partial charge in [-0.1, -0.05) is 36.4 Å². The Hall–Kier alpha value is -3.87. The second-order valence-electron chi connectivity index (χ2n) is 7.44. The normalized spacial score (nSPS) is 10.9. The summed E-state index contributed by atoms with van der Waals surface area (Å²) >= 11 is 0. The predicted octanol–water partition coefficient (Wildman–Crippen LogP) is 3.57. The van der Waals surface area contributed by atoms with Crippen molar-refractivity contribution in [3.05, 3.63) is 94.0 Å². The van der Waals surface area contributed by atoms with Crippen molar-refractivity contribution >= 4 is 17.2 Å². The topological polar surface area (TPSA) is 77.6 Å². The van der Waals surface area contributed by atoms with Crippen LogP contribution in [0.2, 0.25) is 0 Å². The molecule has 0 unspecified atom stereocenters. The Morgan fingerprint density at radius 1 is 1.03 bits per heavy atom. The molecule has 0 aliphatic heterocycles. The maximum atomic E-state index is 12.5. The number of nitrogens with one attached hydrogen (secondary N) is 1. The molecule has 0 fully saturated rings. The van der Waals surface area contributed by atoms with E-state index in [1.165, 1.54) is 9.08 Å². The molecule has 1 N–H and O–H groups in total. The minimum Gasteiger partial charge on any atom is -0.493 e. The molecule has 2 heterocycles. The van der Waals surface area contributed by atoms with Gasteiger partial charge in [0.2, 0.25) is 5.91 Å². The van der Waals surface area contributed by atoms with Gasteiger partial charge in [0, 0.05) is 11.9 Å². The Morgan fingerprint density at radius 3 is 2.58 bits per heavy atom. The number of ether oxygens (including phenoxy) is 1. The number of carbonyl (C=O) groups excluding carboxylic acids is 1. The summed E-state index contributed by atoms with van der Waals surface area (Å²) in [7, 11) is 0. The lowest BCUT2D eigenvalue weighted by molar-refractivity contribution is -0.116. The fourth-order valence-electron chi connectivity index (χ4n) is 3.49. The molecule has 158 valence electrons. The van der Waals surface area contributed by atoms with Gasteiger partial charge >= 0.3 is 5.69 Å². The van der Waals surface area contributed by atoms with E-state index in [4.69, 9.17) is 4.74 Å². The van der Waals surface area contributed by atoms with Gasteiger partial charge in [-0.2, -0.15) is 0 Å². The smallest absolute Gasteiger partial charge is 0.350 e. The van der Waals surface area contributed by atoms with Gasteiger partial charge in [0.15, 0.2) is 5.65 Å². The number of pyridine rings is 1. The zero-order valence-corrected chi connectivity index (χ0v) is 17.5. The van der Waals surface area contributed by atoms with Gasteiger partial charge in [-0.25, -0.2) is 9.48 Å². The van der Waals surface area contributed by atoms with Crippen LogP contribution >= 0.6 is 0 Å². The van der Waals surface area contributed by atoms with Gasteiger partial charge < -0.3 is 10.1 Å². The molecule has 2 aromatic heterocycles. The molecule has 4 rings (SSSR count). The van der Waals surface area contributed by atoms with Crippen LogP contribution < -0.4 is 15.7 Å². The van der Waals surface area contributed by atoms with Crippen molar-refractivity contribution in [2.75, 3.05) is 11.9 Å². The maximum Gasteiger partial charge on any atom is 0.350 e. The first-order valence-electron chi connectivity index (χ1n) is 10.1. The number of benzene rings is 2. The van der Waals surface area contributed by atoms with E-state index < -0.39 is 0 Å². The highest BCUT2D eigenvalue weighted by Crippen LogP contribution is 2.22. The van der Waals surface area contributed by atoms with Crippen LogP contribution in [0.15, 0.2) is 71.7 Å². The molecule has 7 heteroatoms. The SMILES string of the molecule is Cc1cccc(C)c1OCCC(=O)Nc1cccc(Cn2nc3ccccn3c2=O)c1. The van der Waals surface area contributed by atoms with Crippen LogP contribution in [0.5, 0.6) is 5.75 Å². The highest BCUT2D eigenvalue weighted by atomic mass is 16.5. The summed E-state index contributed by atoms with van der Waals surface area (Å²) in [5.74, 6) is 0.698. The number of hydrogen-bond acceptors (Lipinski definition) is 4. The molecule has 0 saturated carbocycles. The summed E-state index contributed by atoms with van der Waals surface area (Å²) in [5.41, 5.74) is 4.04. The average Bonchev–Trinajstić information content (AvgIpc) is 3.06. The molecule has 4 aromatic rings. The highest BCUT2D eigenvalue weighted by Gasteiger charge is 2.09. The van der Waals surface area contributed by atoms with E-state index in [9.17, 15) is 9.59 Å². The number of fused-ring (bicyclic) bond motifs is 1. The van der Waals surface area contributed by atoms with E-state index in [-0.39, 0.29) is 18.0 Å². The fourth-order valence-corrected chi connectivity index (χ4v) is 3.49. The quantitative estimate of drug-likeness (QED) is 0.500. The Labute approximate surface area is 179 Å². The molecule has 0 saturated heterocycles. The summed E-state index contributed by atoms with van der Waals surface area (Å²) < 4.78 is 8.72. The Bertz CT molecular complexity index is 1270. The van der Waals surface area contributed by atoms with E-state index >= 15 is 0 Å². The first-order chi connectivity index (χ1) is 15.0. The summed E-state index contributed by atoms with van der Waals surface area (Å²) in [5, 5.41) is 7.24. The predicted molar refractivity (Wildman–Crippen MR) is 120 cm³/mol. The molecule has 7 nitrogen and oxygen atoms in total. The van der Waals surface area contributed by atoms with Crippen LogP contribution in [0, 0.1) is 13.8 Å². The fraction of sp³-hybridized carbons (Fsp3) is 0.208. The summed E-state index contributed by atoms with van der Waals surface area (Å²) in [4.78, 5) is 24.8. The number of amides is 1. The van der Waals surface area contributed by atoms with Crippen LogP contribution in [0.3, 0.4) is 0 Å². The molecule has 0 spiro atoms. The third-order valence-electron chi connectivity index (χ3n) is 5.02. The van der Waals surface area contributed by atoms with Crippen molar-refractivity contribution in [1.82, 2.24) is 14.2 Å². The van der Waals surface area contributed by atoms with E-state index in [0.29, 0.717) is 24.5 Å². The van der Waals surface area contributed by atoms with Crippen LogP contribution in [0.1, 0.15) is 23.1 Å². The van der Waals surface area contributed by atoms with E-state index in [1.54, 1.807) is 18.3 Å². The number of aromatic nitrogens is 3. The number of nitrogens with zero attached hydrogens (tertiary/aromatic N) is 3. The van der Waals surface area contributed by atoms with Gasteiger partial charge in [-0.15, -0.1) is 5.10 Å². The standard InChI is InChI=1S/C24H24N4O3/c1-17-7-5-8-18(2)23(17)31-14-12-22(29)25-20-10-6-9-19(15-20)16-28-24(30)27-13-4-3-11-21(27)26-28/h3-11,13,15H,12,14,16H2,1-2H3,(H,25,29). The van der Waals surface area contributed by atoms with Gasteiger partial charge in [0.25, 0.3) is 0 Å².